The van der Waals surface area contributed by atoms with Gasteiger partial charge < -0.3 is 19.9 Å². The number of ether oxygens (including phenoxy) is 1. The maximum Gasteiger partial charge on any atom is 0.253 e. The number of nitrogens with one attached hydrogen (secondary N) is 2. The van der Waals surface area contributed by atoms with Gasteiger partial charge in [0.15, 0.2) is 0 Å². The Kier molecular flexibility index (Phi) is 8.80. The summed E-state index contributed by atoms with van der Waals surface area (Å²) in [5.41, 5.74) is 3.00. The summed E-state index contributed by atoms with van der Waals surface area (Å²) in [5.74, 6) is 0.602. The lowest BCUT2D eigenvalue weighted by molar-refractivity contribution is -0.121. The third-order valence-corrected chi connectivity index (χ3v) is 6.33. The molecule has 9 heteroatoms. The number of piperidine rings is 1. The summed E-state index contributed by atoms with van der Waals surface area (Å²) >= 11 is 0. The Morgan fingerprint density at radius 3 is 2.81 bits per heavy atom. The Bertz CT molecular complexity index is 1180. The number of para-hydroxylation sites is 1. The van der Waals surface area contributed by atoms with Gasteiger partial charge >= 0.3 is 0 Å². The smallest absolute Gasteiger partial charge is 0.253 e. The highest BCUT2D eigenvalue weighted by atomic mass is 16.5. The minimum Gasteiger partial charge on any atom is -0.385 e. The Hall–Kier alpha value is -3.56. The number of likely N-dealkylation sites (tertiary alicyclic amines) is 1. The molecule has 0 bridgehead atoms. The molecule has 0 aliphatic carbocycles. The van der Waals surface area contributed by atoms with E-state index in [1.54, 1.807) is 25.3 Å². The molecule has 1 aromatic heterocycles. The molecule has 1 saturated heterocycles. The first-order valence-electron chi connectivity index (χ1n) is 12.3. The number of nitrogens with zero attached hydrogens (tertiary/aromatic N) is 3. The second kappa shape index (κ2) is 12.4. The van der Waals surface area contributed by atoms with Gasteiger partial charge in [-0.05, 0) is 50.4 Å². The molecule has 2 aromatic carbocycles. The van der Waals surface area contributed by atoms with Crippen LogP contribution < -0.4 is 10.6 Å². The number of hydrogen-bond donors (Lipinski definition) is 2. The van der Waals surface area contributed by atoms with Gasteiger partial charge in [-0.25, -0.2) is 0 Å². The van der Waals surface area contributed by atoms with Crippen LogP contribution in [-0.4, -0.2) is 60.2 Å². The van der Waals surface area contributed by atoms with Gasteiger partial charge in [0, 0.05) is 32.4 Å². The van der Waals surface area contributed by atoms with E-state index in [9.17, 15) is 9.59 Å². The zero-order valence-electron chi connectivity index (χ0n) is 20.8. The van der Waals surface area contributed by atoms with Crippen molar-refractivity contribution in [3.05, 3.63) is 65.5 Å². The average molecular weight is 492 g/mol. The van der Waals surface area contributed by atoms with Gasteiger partial charge in [0.05, 0.1) is 23.7 Å². The number of methoxy groups -OCH3 is 1. The molecule has 1 unspecified atom stereocenters. The van der Waals surface area contributed by atoms with Crippen molar-refractivity contribution in [2.24, 2.45) is 5.92 Å². The molecular formula is C27H33N5O4. The van der Waals surface area contributed by atoms with E-state index >= 15 is 0 Å². The van der Waals surface area contributed by atoms with Gasteiger partial charge in [0.1, 0.15) is 0 Å². The van der Waals surface area contributed by atoms with Gasteiger partial charge in [-0.2, -0.15) is 4.98 Å². The lowest BCUT2D eigenvalue weighted by Crippen LogP contribution is -2.40. The van der Waals surface area contributed by atoms with Crippen LogP contribution in [0.2, 0.25) is 0 Å². The van der Waals surface area contributed by atoms with Crippen molar-refractivity contribution in [1.29, 1.82) is 0 Å². The highest BCUT2D eigenvalue weighted by molar-refractivity contribution is 6.04. The van der Waals surface area contributed by atoms with Crippen molar-refractivity contribution >= 4 is 17.5 Å². The van der Waals surface area contributed by atoms with Crippen LogP contribution in [0.1, 0.15) is 41.1 Å². The van der Waals surface area contributed by atoms with E-state index in [0.717, 1.165) is 36.9 Å². The zero-order valence-corrected chi connectivity index (χ0v) is 20.8. The van der Waals surface area contributed by atoms with Crippen LogP contribution in [0.4, 0.5) is 5.69 Å². The molecule has 0 saturated carbocycles. The number of carbonyl (C=O) groups excluding carboxylic acids is 2. The summed E-state index contributed by atoms with van der Waals surface area (Å²) in [6.45, 7) is 5.03. The van der Waals surface area contributed by atoms with Gasteiger partial charge in [-0.1, -0.05) is 41.6 Å². The van der Waals surface area contributed by atoms with E-state index in [1.165, 1.54) is 0 Å². The highest BCUT2D eigenvalue weighted by Gasteiger charge is 2.28. The Morgan fingerprint density at radius 2 is 1.97 bits per heavy atom. The number of anilines is 1. The average Bonchev–Trinajstić information content (AvgIpc) is 3.35. The molecule has 2 N–H and O–H groups in total. The van der Waals surface area contributed by atoms with Crippen molar-refractivity contribution in [3.63, 3.8) is 0 Å². The molecule has 0 spiro atoms. The summed E-state index contributed by atoms with van der Waals surface area (Å²) in [6, 6.07) is 15.0. The largest absolute Gasteiger partial charge is 0.385 e. The number of aryl methyl sites for hydroxylation is 1. The summed E-state index contributed by atoms with van der Waals surface area (Å²) < 4.78 is 10.5. The summed E-state index contributed by atoms with van der Waals surface area (Å²) in [6.07, 6.45) is 2.39. The lowest BCUT2D eigenvalue weighted by atomic mass is 9.96. The van der Waals surface area contributed by atoms with Crippen LogP contribution in [0.25, 0.3) is 11.4 Å². The number of carbonyl (C=O) groups is 2. The van der Waals surface area contributed by atoms with Crippen LogP contribution in [0, 0.1) is 12.8 Å². The summed E-state index contributed by atoms with van der Waals surface area (Å²) in [4.78, 5) is 32.5. The number of aromatic nitrogens is 2. The molecule has 1 aliphatic rings. The van der Waals surface area contributed by atoms with Crippen molar-refractivity contribution in [1.82, 2.24) is 20.4 Å². The van der Waals surface area contributed by atoms with E-state index in [0.29, 0.717) is 49.2 Å². The van der Waals surface area contributed by atoms with Crippen LogP contribution in [-0.2, 0) is 16.1 Å². The summed E-state index contributed by atoms with van der Waals surface area (Å²) in [5, 5.41) is 10.00. The van der Waals surface area contributed by atoms with E-state index in [-0.39, 0.29) is 17.7 Å². The topological polar surface area (TPSA) is 110 Å². The van der Waals surface area contributed by atoms with E-state index in [4.69, 9.17) is 9.26 Å². The van der Waals surface area contributed by atoms with Gasteiger partial charge in [0.25, 0.3) is 5.91 Å². The molecule has 36 heavy (non-hydrogen) atoms. The maximum atomic E-state index is 13.1. The predicted octanol–water partition coefficient (Wildman–Crippen LogP) is 3.66. The van der Waals surface area contributed by atoms with Crippen LogP contribution in [0.3, 0.4) is 0 Å². The van der Waals surface area contributed by atoms with E-state index in [2.05, 4.69) is 25.7 Å². The molecule has 9 nitrogen and oxygen atoms in total. The molecule has 0 radical (unpaired) electrons. The molecule has 1 atom stereocenters. The standard InChI is InChI=1S/C27H33N5O4/c1-19-9-3-4-11-21(19)25-30-24(36-31-25)18-32-15-7-10-20(17-32)26(33)29-23-13-6-5-12-22(23)27(34)28-14-8-16-35-2/h3-6,9,11-13,20H,7-8,10,14-18H2,1-2H3,(H,28,34)(H,29,33). The van der Waals surface area contributed by atoms with Crippen molar-refractivity contribution in [2.45, 2.75) is 32.7 Å². The molecular weight excluding hydrogens is 458 g/mol. The van der Waals surface area contributed by atoms with Gasteiger partial charge in [-0.3, -0.25) is 14.5 Å². The Balaban J connectivity index is 1.35. The third-order valence-electron chi connectivity index (χ3n) is 6.33. The van der Waals surface area contributed by atoms with Crippen molar-refractivity contribution < 1.29 is 18.8 Å². The fourth-order valence-electron chi connectivity index (χ4n) is 4.40. The van der Waals surface area contributed by atoms with Crippen LogP contribution >= 0.6 is 0 Å². The number of hydrogen-bond acceptors (Lipinski definition) is 7. The molecule has 2 amide bonds. The minimum absolute atomic E-state index is 0.0922. The molecule has 3 aromatic rings. The molecule has 4 rings (SSSR count). The number of rotatable bonds is 10. The lowest BCUT2D eigenvalue weighted by Gasteiger charge is -2.31. The molecule has 1 aliphatic heterocycles. The molecule has 190 valence electrons. The van der Waals surface area contributed by atoms with Crippen molar-refractivity contribution in [2.75, 3.05) is 38.7 Å². The predicted molar refractivity (Wildman–Crippen MR) is 136 cm³/mol. The minimum atomic E-state index is -0.215. The fraction of sp³-hybridized carbons (Fsp3) is 0.407. The SMILES string of the molecule is COCCCNC(=O)c1ccccc1NC(=O)C1CCCN(Cc2nc(-c3ccccc3C)no2)C1. The van der Waals surface area contributed by atoms with Crippen LogP contribution in [0.5, 0.6) is 0 Å². The summed E-state index contributed by atoms with van der Waals surface area (Å²) in [7, 11) is 1.63. The van der Waals surface area contributed by atoms with Crippen LogP contribution in [0.15, 0.2) is 53.1 Å². The second-order valence-electron chi connectivity index (χ2n) is 9.04. The van der Waals surface area contributed by atoms with Gasteiger partial charge in [-0.15, -0.1) is 0 Å². The zero-order chi connectivity index (χ0) is 25.3. The normalized spacial score (nSPS) is 16.0. The quantitative estimate of drug-likeness (QED) is 0.417. The number of benzene rings is 2. The number of amides is 2. The van der Waals surface area contributed by atoms with E-state index in [1.807, 2.05) is 37.3 Å². The molecule has 2 heterocycles. The monoisotopic (exact) mass is 491 g/mol. The first-order chi connectivity index (χ1) is 17.5. The Labute approximate surface area is 211 Å². The first-order valence-corrected chi connectivity index (χ1v) is 12.3. The maximum absolute atomic E-state index is 13.1. The first kappa shape index (κ1) is 25.5. The molecule has 1 fully saturated rings. The highest BCUT2D eigenvalue weighted by Crippen LogP contribution is 2.24. The van der Waals surface area contributed by atoms with E-state index < -0.39 is 0 Å². The third kappa shape index (κ3) is 6.56. The van der Waals surface area contributed by atoms with Crippen molar-refractivity contribution in [3.8, 4) is 11.4 Å². The second-order valence-corrected chi connectivity index (χ2v) is 9.04. The van der Waals surface area contributed by atoms with Gasteiger partial charge in [0.2, 0.25) is 17.6 Å². The fourth-order valence-corrected chi connectivity index (χ4v) is 4.40. The Morgan fingerprint density at radius 1 is 1.17 bits per heavy atom.